The van der Waals surface area contributed by atoms with Crippen molar-refractivity contribution < 1.29 is 18.0 Å². The summed E-state index contributed by atoms with van der Waals surface area (Å²) in [6.45, 7) is 4.42. The monoisotopic (exact) mass is 454 g/mol. The van der Waals surface area contributed by atoms with Gasteiger partial charge in [-0.15, -0.1) is 0 Å². The standard InChI is InChI=1S/C23H21F3N6O/c1-13-8-14(2)31(30-13)12-15-4-3-5-17(9-15)28-22(33)18-11-27-32-20(23(24,25)26)10-19(16-6-7-16)29-21(18)32/h3-5,8-11,16H,6-7,12H2,1-2H3,(H,28,33). The number of hydrogen-bond acceptors (Lipinski definition) is 4. The molecule has 4 aromatic rings. The van der Waals surface area contributed by atoms with Gasteiger partial charge in [-0.2, -0.15) is 23.4 Å². The third-order valence-electron chi connectivity index (χ3n) is 5.64. The Labute approximate surface area is 187 Å². The number of fused-ring (bicyclic) bond motifs is 1. The smallest absolute Gasteiger partial charge is 0.322 e. The number of benzene rings is 1. The summed E-state index contributed by atoms with van der Waals surface area (Å²) in [5.74, 6) is -0.574. The van der Waals surface area contributed by atoms with Gasteiger partial charge in [0.25, 0.3) is 5.91 Å². The fraction of sp³-hybridized carbons (Fsp3) is 0.304. The molecule has 1 aromatic carbocycles. The molecular formula is C23H21F3N6O. The van der Waals surface area contributed by atoms with Gasteiger partial charge in [0.1, 0.15) is 11.3 Å². The van der Waals surface area contributed by atoms with Crippen LogP contribution in [0.5, 0.6) is 0 Å². The molecule has 33 heavy (non-hydrogen) atoms. The van der Waals surface area contributed by atoms with Gasteiger partial charge in [0.2, 0.25) is 0 Å². The van der Waals surface area contributed by atoms with Gasteiger partial charge in [0.15, 0.2) is 5.65 Å². The van der Waals surface area contributed by atoms with E-state index >= 15 is 0 Å². The minimum absolute atomic E-state index is 0.00650. The summed E-state index contributed by atoms with van der Waals surface area (Å²) < 4.78 is 43.3. The fourth-order valence-electron chi connectivity index (χ4n) is 3.89. The number of aromatic nitrogens is 5. The Morgan fingerprint density at radius 2 is 1.97 bits per heavy atom. The van der Waals surface area contributed by atoms with Crippen LogP contribution in [0.1, 0.15) is 57.5 Å². The Balaban J connectivity index is 1.44. The zero-order valence-corrected chi connectivity index (χ0v) is 18.0. The van der Waals surface area contributed by atoms with Crippen LogP contribution >= 0.6 is 0 Å². The van der Waals surface area contributed by atoms with Crippen molar-refractivity contribution in [2.24, 2.45) is 0 Å². The van der Waals surface area contributed by atoms with Gasteiger partial charge < -0.3 is 5.32 Å². The van der Waals surface area contributed by atoms with Crippen molar-refractivity contribution in [2.45, 2.75) is 45.3 Å². The van der Waals surface area contributed by atoms with Crippen molar-refractivity contribution in [3.63, 3.8) is 0 Å². The van der Waals surface area contributed by atoms with Gasteiger partial charge in [-0.25, -0.2) is 9.50 Å². The largest absolute Gasteiger partial charge is 0.433 e. The van der Waals surface area contributed by atoms with E-state index in [-0.39, 0.29) is 17.1 Å². The zero-order chi connectivity index (χ0) is 23.3. The first-order valence-electron chi connectivity index (χ1n) is 10.6. The van der Waals surface area contributed by atoms with Crippen LogP contribution in [0.3, 0.4) is 0 Å². The number of nitrogens with zero attached hydrogens (tertiary/aromatic N) is 5. The first kappa shape index (κ1) is 21.2. The SMILES string of the molecule is Cc1cc(C)n(Cc2cccc(NC(=O)c3cnn4c(C(F)(F)F)cc(C5CC5)nc34)c2)n1. The van der Waals surface area contributed by atoms with E-state index in [1.165, 1.54) is 0 Å². The highest BCUT2D eigenvalue weighted by atomic mass is 19.4. The molecule has 1 amide bonds. The third-order valence-corrected chi connectivity index (χ3v) is 5.64. The third kappa shape index (κ3) is 4.20. The maximum Gasteiger partial charge on any atom is 0.433 e. The first-order chi connectivity index (χ1) is 15.7. The molecule has 1 fully saturated rings. The molecule has 0 unspecified atom stereocenters. The molecule has 0 radical (unpaired) electrons. The molecule has 1 aliphatic carbocycles. The number of anilines is 1. The second-order valence-corrected chi connectivity index (χ2v) is 8.37. The number of alkyl halides is 3. The van der Waals surface area contributed by atoms with Crippen LogP contribution in [0.15, 0.2) is 42.6 Å². The maximum absolute atomic E-state index is 13.6. The molecule has 1 saturated carbocycles. The van der Waals surface area contributed by atoms with Crippen LogP contribution in [-0.4, -0.2) is 30.3 Å². The minimum Gasteiger partial charge on any atom is -0.322 e. The summed E-state index contributed by atoms with van der Waals surface area (Å²) in [4.78, 5) is 17.3. The van der Waals surface area contributed by atoms with Crippen molar-refractivity contribution in [1.29, 1.82) is 0 Å². The molecule has 7 nitrogen and oxygen atoms in total. The van der Waals surface area contributed by atoms with Crippen molar-refractivity contribution in [3.05, 3.63) is 76.5 Å². The second-order valence-electron chi connectivity index (χ2n) is 8.37. The Bertz CT molecular complexity index is 1370. The molecule has 1 aliphatic rings. The summed E-state index contributed by atoms with van der Waals surface area (Å²) >= 11 is 0. The highest BCUT2D eigenvalue weighted by Gasteiger charge is 2.38. The van der Waals surface area contributed by atoms with E-state index in [1.807, 2.05) is 36.7 Å². The van der Waals surface area contributed by atoms with Crippen LogP contribution in [-0.2, 0) is 12.7 Å². The van der Waals surface area contributed by atoms with Crippen molar-refractivity contribution >= 4 is 17.2 Å². The molecule has 0 atom stereocenters. The molecule has 0 saturated heterocycles. The average molecular weight is 454 g/mol. The summed E-state index contributed by atoms with van der Waals surface area (Å²) in [6, 6.07) is 10.3. The first-order valence-corrected chi connectivity index (χ1v) is 10.6. The van der Waals surface area contributed by atoms with E-state index in [4.69, 9.17) is 0 Å². The number of hydrogen-bond donors (Lipinski definition) is 1. The topological polar surface area (TPSA) is 77.1 Å². The lowest BCUT2D eigenvalue weighted by Gasteiger charge is -2.11. The van der Waals surface area contributed by atoms with Gasteiger partial charge in [0, 0.05) is 23.0 Å². The van der Waals surface area contributed by atoms with Crippen molar-refractivity contribution in [2.75, 3.05) is 5.32 Å². The average Bonchev–Trinajstić information content (AvgIpc) is 3.43. The van der Waals surface area contributed by atoms with Gasteiger partial charge in [-0.1, -0.05) is 12.1 Å². The van der Waals surface area contributed by atoms with Gasteiger partial charge >= 0.3 is 6.18 Å². The van der Waals surface area contributed by atoms with Crippen LogP contribution < -0.4 is 5.32 Å². The van der Waals surface area contributed by atoms with E-state index in [0.29, 0.717) is 22.4 Å². The Hall–Kier alpha value is -3.69. The predicted octanol–water partition coefficient (Wildman–Crippen LogP) is 4.74. The number of carbonyl (C=O) groups is 1. The number of rotatable bonds is 5. The normalized spacial score (nSPS) is 14.1. The molecule has 3 aromatic heterocycles. The number of carbonyl (C=O) groups excluding carboxylic acids is 1. The molecule has 10 heteroatoms. The van der Waals surface area contributed by atoms with Gasteiger partial charge in [-0.05, 0) is 56.5 Å². The molecule has 3 heterocycles. The Kier molecular flexibility index (Phi) is 4.95. The quantitative estimate of drug-likeness (QED) is 0.473. The number of halogens is 3. The zero-order valence-electron chi connectivity index (χ0n) is 18.0. The molecule has 5 rings (SSSR count). The minimum atomic E-state index is -4.61. The predicted molar refractivity (Wildman–Crippen MR) is 115 cm³/mol. The molecule has 170 valence electrons. The molecule has 1 N–H and O–H groups in total. The number of aryl methyl sites for hydroxylation is 2. The molecule has 0 aliphatic heterocycles. The van der Waals surface area contributed by atoms with E-state index in [9.17, 15) is 18.0 Å². The van der Waals surface area contributed by atoms with E-state index in [2.05, 4.69) is 20.5 Å². The lowest BCUT2D eigenvalue weighted by Crippen LogP contribution is -2.16. The summed E-state index contributed by atoms with van der Waals surface area (Å²) in [5, 5.41) is 11.0. The second kappa shape index (κ2) is 7.72. The fourth-order valence-corrected chi connectivity index (χ4v) is 3.89. The highest BCUT2D eigenvalue weighted by Crippen LogP contribution is 2.41. The Morgan fingerprint density at radius 1 is 1.18 bits per heavy atom. The van der Waals surface area contributed by atoms with Crippen molar-refractivity contribution in [1.82, 2.24) is 24.4 Å². The number of nitrogens with one attached hydrogen (secondary N) is 1. The molecular weight excluding hydrogens is 433 g/mol. The highest BCUT2D eigenvalue weighted by molar-refractivity contribution is 6.08. The molecule has 0 spiro atoms. The summed E-state index contributed by atoms with van der Waals surface area (Å²) in [6.07, 6.45) is -1.90. The van der Waals surface area contributed by atoms with Crippen LogP contribution in [0, 0.1) is 13.8 Å². The maximum atomic E-state index is 13.6. The van der Waals surface area contributed by atoms with E-state index in [1.54, 1.807) is 12.1 Å². The lowest BCUT2D eigenvalue weighted by atomic mass is 10.2. The Morgan fingerprint density at radius 3 is 2.64 bits per heavy atom. The van der Waals surface area contributed by atoms with Gasteiger partial charge in [0.05, 0.1) is 18.4 Å². The van der Waals surface area contributed by atoms with E-state index < -0.39 is 17.8 Å². The number of amides is 1. The van der Waals surface area contributed by atoms with Gasteiger partial charge in [-0.3, -0.25) is 9.48 Å². The van der Waals surface area contributed by atoms with E-state index in [0.717, 1.165) is 42.1 Å². The summed E-state index contributed by atoms with van der Waals surface area (Å²) in [5.41, 5.74) is 2.69. The van der Waals surface area contributed by atoms with Crippen molar-refractivity contribution in [3.8, 4) is 0 Å². The van der Waals surface area contributed by atoms with Crippen LogP contribution in [0.2, 0.25) is 0 Å². The molecule has 0 bridgehead atoms. The lowest BCUT2D eigenvalue weighted by molar-refractivity contribution is -0.142. The summed E-state index contributed by atoms with van der Waals surface area (Å²) in [7, 11) is 0. The van der Waals surface area contributed by atoms with Crippen LogP contribution in [0.25, 0.3) is 5.65 Å². The van der Waals surface area contributed by atoms with Crippen LogP contribution in [0.4, 0.5) is 18.9 Å².